The maximum atomic E-state index is 8.08. The maximum absolute atomic E-state index is 8.08. The van der Waals surface area contributed by atoms with Gasteiger partial charge in [-0.2, -0.15) is 5.26 Å². The standard InChI is InChI=1S/C5H5N/c6-4-5-2-1-3-5/h1-2,5H,3H2. The van der Waals surface area contributed by atoms with Gasteiger partial charge < -0.3 is 0 Å². The Hall–Kier alpha value is -0.770. The van der Waals surface area contributed by atoms with E-state index in [1.807, 2.05) is 12.2 Å². The van der Waals surface area contributed by atoms with Gasteiger partial charge in [0.25, 0.3) is 0 Å². The monoisotopic (exact) mass is 79.0 g/mol. The van der Waals surface area contributed by atoms with Crippen molar-refractivity contribution in [3.05, 3.63) is 12.2 Å². The second kappa shape index (κ2) is 1.14. The Bertz CT molecular complexity index is 108. The van der Waals surface area contributed by atoms with Gasteiger partial charge >= 0.3 is 0 Å². The van der Waals surface area contributed by atoms with E-state index in [1.54, 1.807) is 0 Å². The summed E-state index contributed by atoms with van der Waals surface area (Å²) in [6.07, 6.45) is 4.89. The molecule has 0 fully saturated rings. The van der Waals surface area contributed by atoms with Crippen LogP contribution in [0.1, 0.15) is 6.42 Å². The molecule has 0 heterocycles. The Morgan fingerprint density at radius 3 is 2.50 bits per heavy atom. The van der Waals surface area contributed by atoms with Gasteiger partial charge in [0.2, 0.25) is 0 Å². The van der Waals surface area contributed by atoms with E-state index in [0.717, 1.165) is 6.42 Å². The van der Waals surface area contributed by atoms with Crippen LogP contribution in [0.3, 0.4) is 0 Å². The van der Waals surface area contributed by atoms with Gasteiger partial charge in [-0.05, 0) is 6.42 Å². The molecule has 1 aliphatic rings. The number of hydrogen-bond donors (Lipinski definition) is 0. The third kappa shape index (κ3) is 0.307. The molecule has 1 heteroatoms. The minimum absolute atomic E-state index is 0.241. The van der Waals surface area contributed by atoms with E-state index in [0.29, 0.717) is 0 Å². The zero-order chi connectivity index (χ0) is 4.41. The quantitative estimate of drug-likeness (QED) is 0.399. The first kappa shape index (κ1) is 3.42. The molecule has 0 amide bonds. The predicted molar refractivity (Wildman–Crippen MR) is 22.9 cm³/mol. The van der Waals surface area contributed by atoms with Crippen LogP contribution in [0.15, 0.2) is 12.2 Å². The van der Waals surface area contributed by atoms with Crippen LogP contribution >= 0.6 is 0 Å². The molecular weight excluding hydrogens is 74.1 g/mol. The van der Waals surface area contributed by atoms with Gasteiger partial charge in [0.15, 0.2) is 0 Å². The van der Waals surface area contributed by atoms with Crippen LogP contribution in [0.25, 0.3) is 0 Å². The van der Waals surface area contributed by atoms with Crippen molar-refractivity contribution in [2.24, 2.45) is 5.92 Å². The number of nitriles is 1. The van der Waals surface area contributed by atoms with Crippen LogP contribution in [-0.2, 0) is 0 Å². The lowest BCUT2D eigenvalue weighted by atomic mass is 9.98. The van der Waals surface area contributed by atoms with Crippen molar-refractivity contribution < 1.29 is 0 Å². The summed E-state index contributed by atoms with van der Waals surface area (Å²) >= 11 is 0. The summed E-state index contributed by atoms with van der Waals surface area (Å²) in [7, 11) is 0. The summed E-state index contributed by atoms with van der Waals surface area (Å²) in [4.78, 5) is 0. The van der Waals surface area contributed by atoms with Gasteiger partial charge in [0.1, 0.15) is 0 Å². The van der Waals surface area contributed by atoms with E-state index in [9.17, 15) is 0 Å². The Balaban J connectivity index is 2.46. The highest BCUT2D eigenvalue weighted by Crippen LogP contribution is 2.13. The zero-order valence-corrected chi connectivity index (χ0v) is 3.39. The molecule has 1 rings (SSSR count). The number of allylic oxidation sites excluding steroid dienone is 2. The second-order valence-corrected chi connectivity index (χ2v) is 1.40. The van der Waals surface area contributed by atoms with Crippen LogP contribution in [0.4, 0.5) is 0 Å². The summed E-state index contributed by atoms with van der Waals surface area (Å²) in [6, 6.07) is 2.11. The Morgan fingerprint density at radius 1 is 1.83 bits per heavy atom. The van der Waals surface area contributed by atoms with Gasteiger partial charge in [0, 0.05) is 0 Å². The minimum atomic E-state index is 0.241. The lowest BCUT2D eigenvalue weighted by molar-refractivity contribution is 0.775. The molecule has 0 saturated heterocycles. The molecule has 0 radical (unpaired) electrons. The average molecular weight is 79.1 g/mol. The maximum Gasteiger partial charge on any atom is 0.0700 e. The molecule has 30 valence electrons. The summed E-state index contributed by atoms with van der Waals surface area (Å²) in [5.41, 5.74) is 0. The van der Waals surface area contributed by atoms with E-state index in [4.69, 9.17) is 5.26 Å². The molecule has 0 aliphatic heterocycles. The highest BCUT2D eigenvalue weighted by Gasteiger charge is 2.05. The molecule has 0 aromatic rings. The molecule has 0 saturated carbocycles. The van der Waals surface area contributed by atoms with Crippen molar-refractivity contribution in [3.8, 4) is 6.07 Å². The first-order chi connectivity index (χ1) is 2.93. The van der Waals surface area contributed by atoms with Crippen molar-refractivity contribution in [1.82, 2.24) is 0 Å². The van der Waals surface area contributed by atoms with Gasteiger partial charge in [-0.15, -0.1) is 0 Å². The minimum Gasteiger partial charge on any atom is -0.198 e. The van der Waals surface area contributed by atoms with Crippen LogP contribution in [-0.4, -0.2) is 0 Å². The zero-order valence-electron chi connectivity index (χ0n) is 3.39. The molecule has 0 spiro atoms. The Labute approximate surface area is 36.9 Å². The lowest BCUT2D eigenvalue weighted by Gasteiger charge is -2.04. The molecule has 1 unspecified atom stereocenters. The van der Waals surface area contributed by atoms with Gasteiger partial charge in [-0.25, -0.2) is 0 Å². The topological polar surface area (TPSA) is 23.8 Å². The van der Waals surface area contributed by atoms with E-state index < -0.39 is 0 Å². The SMILES string of the molecule is N#CC1C=CC1. The fraction of sp³-hybridized carbons (Fsp3) is 0.400. The van der Waals surface area contributed by atoms with Crippen molar-refractivity contribution in [2.45, 2.75) is 6.42 Å². The molecule has 6 heavy (non-hydrogen) atoms. The number of rotatable bonds is 0. The molecule has 0 aromatic carbocycles. The third-order valence-electron chi connectivity index (χ3n) is 0.924. The third-order valence-corrected chi connectivity index (χ3v) is 0.924. The first-order valence-corrected chi connectivity index (χ1v) is 2.00. The summed E-state index contributed by atoms with van der Waals surface area (Å²) in [5, 5.41) is 8.08. The van der Waals surface area contributed by atoms with Gasteiger partial charge in [-0.1, -0.05) is 12.2 Å². The van der Waals surface area contributed by atoms with Crippen LogP contribution in [0.2, 0.25) is 0 Å². The van der Waals surface area contributed by atoms with Crippen molar-refractivity contribution in [2.75, 3.05) is 0 Å². The molecule has 1 nitrogen and oxygen atoms in total. The smallest absolute Gasteiger partial charge is 0.0700 e. The molecule has 0 aromatic heterocycles. The highest BCUT2D eigenvalue weighted by atomic mass is 14.3. The Morgan fingerprint density at radius 2 is 2.50 bits per heavy atom. The van der Waals surface area contributed by atoms with Gasteiger partial charge in [-0.3, -0.25) is 0 Å². The number of hydrogen-bond acceptors (Lipinski definition) is 1. The van der Waals surface area contributed by atoms with E-state index >= 15 is 0 Å². The van der Waals surface area contributed by atoms with E-state index in [-0.39, 0.29) is 5.92 Å². The van der Waals surface area contributed by atoms with Crippen molar-refractivity contribution >= 4 is 0 Å². The molecule has 1 aliphatic carbocycles. The summed E-state index contributed by atoms with van der Waals surface area (Å²) in [5.74, 6) is 0.241. The van der Waals surface area contributed by atoms with Crippen LogP contribution in [0.5, 0.6) is 0 Å². The predicted octanol–water partition coefficient (Wildman–Crippen LogP) is 1.09. The van der Waals surface area contributed by atoms with Crippen molar-refractivity contribution in [1.29, 1.82) is 5.26 Å². The van der Waals surface area contributed by atoms with E-state index in [2.05, 4.69) is 6.07 Å². The summed E-state index contributed by atoms with van der Waals surface area (Å²) < 4.78 is 0. The fourth-order valence-electron chi connectivity index (χ4n) is 0.368. The number of nitrogens with zero attached hydrogens (tertiary/aromatic N) is 1. The van der Waals surface area contributed by atoms with Crippen LogP contribution in [0, 0.1) is 17.2 Å². The largest absolute Gasteiger partial charge is 0.198 e. The molecule has 0 bridgehead atoms. The van der Waals surface area contributed by atoms with Crippen molar-refractivity contribution in [3.63, 3.8) is 0 Å². The molecule has 1 atom stereocenters. The van der Waals surface area contributed by atoms with Crippen LogP contribution < -0.4 is 0 Å². The molecular formula is C5H5N. The first-order valence-electron chi connectivity index (χ1n) is 2.00. The van der Waals surface area contributed by atoms with E-state index in [1.165, 1.54) is 0 Å². The lowest BCUT2D eigenvalue weighted by Crippen LogP contribution is -1.96. The fourth-order valence-corrected chi connectivity index (χ4v) is 0.368. The Kier molecular flexibility index (Phi) is 0.648. The highest BCUT2D eigenvalue weighted by molar-refractivity contribution is 5.11. The normalized spacial score (nSPS) is 28.2. The second-order valence-electron chi connectivity index (χ2n) is 1.40. The molecule has 0 N–H and O–H groups in total. The van der Waals surface area contributed by atoms with Gasteiger partial charge in [0.05, 0.1) is 12.0 Å². The summed E-state index contributed by atoms with van der Waals surface area (Å²) in [6.45, 7) is 0. The average Bonchev–Trinajstić information content (AvgIpc) is 1.31.